The quantitative estimate of drug-likeness (QED) is 0.543. The Morgan fingerprint density at radius 3 is 2.09 bits per heavy atom. The molecule has 3 aromatic rings. The zero-order valence-corrected chi connectivity index (χ0v) is 19.9. The number of carbonyl (C=O) groups excluding carboxylic acids is 1. The van der Waals surface area contributed by atoms with Crippen molar-refractivity contribution in [1.82, 2.24) is 24.8 Å². The Morgan fingerprint density at radius 2 is 1.53 bits per heavy atom. The van der Waals surface area contributed by atoms with Crippen LogP contribution in [0.3, 0.4) is 0 Å². The molecule has 1 amide bonds. The van der Waals surface area contributed by atoms with E-state index in [1.165, 1.54) is 6.33 Å². The summed E-state index contributed by atoms with van der Waals surface area (Å²) in [5.74, 6) is -0.224. The Kier molecular flexibility index (Phi) is 7.10. The van der Waals surface area contributed by atoms with Crippen LogP contribution in [-0.4, -0.2) is 35.6 Å². The molecule has 0 aliphatic heterocycles. The van der Waals surface area contributed by atoms with Crippen molar-refractivity contribution in [3.63, 3.8) is 0 Å². The Morgan fingerprint density at radius 1 is 0.938 bits per heavy atom. The van der Waals surface area contributed by atoms with Crippen LogP contribution < -0.4 is 10.0 Å². The van der Waals surface area contributed by atoms with Crippen molar-refractivity contribution in [2.24, 2.45) is 0 Å². The Labute approximate surface area is 189 Å². The number of aromatic nitrogens is 3. The second-order valence-corrected chi connectivity index (χ2v) is 9.59. The summed E-state index contributed by atoms with van der Waals surface area (Å²) in [6, 6.07) is 7.57. The summed E-state index contributed by atoms with van der Waals surface area (Å²) < 4.78 is 30.1. The third kappa shape index (κ3) is 5.05. The number of amides is 1. The molecule has 0 bridgehead atoms. The highest BCUT2D eigenvalue weighted by atomic mass is 32.2. The number of benzene rings is 2. The fraction of sp³-hybridized carbons (Fsp3) is 0.348. The lowest BCUT2D eigenvalue weighted by molar-refractivity contribution is -0.121. The summed E-state index contributed by atoms with van der Waals surface area (Å²) in [4.78, 5) is 16.4. The Balaban J connectivity index is 1.55. The maximum Gasteiger partial charge on any atom is 0.241 e. The zero-order valence-electron chi connectivity index (χ0n) is 19.1. The number of carbonyl (C=O) groups is 1. The smallest absolute Gasteiger partial charge is 0.241 e. The number of rotatable bonds is 8. The first-order valence-corrected chi connectivity index (χ1v) is 11.9. The standard InChI is InChI=1S/C23H29N5O3S/c1-15-16(2)18(4)23(19(5)17(15)3)32(30,31)27-11-10-22(29)25-12-20-6-8-21(9-7-20)28-14-24-13-26-28/h6-9,13-14,27H,10-12H2,1-5H3,(H,25,29). The maximum absolute atomic E-state index is 12.9. The molecule has 2 N–H and O–H groups in total. The molecular weight excluding hydrogens is 426 g/mol. The van der Waals surface area contributed by atoms with E-state index in [9.17, 15) is 13.2 Å². The summed E-state index contributed by atoms with van der Waals surface area (Å²) >= 11 is 0. The highest BCUT2D eigenvalue weighted by Gasteiger charge is 2.23. The van der Waals surface area contributed by atoms with Crippen molar-refractivity contribution in [1.29, 1.82) is 0 Å². The molecule has 0 aliphatic carbocycles. The van der Waals surface area contributed by atoms with Crippen LogP contribution in [0.4, 0.5) is 0 Å². The molecule has 0 spiro atoms. The summed E-state index contributed by atoms with van der Waals surface area (Å²) in [5.41, 5.74) is 6.35. The van der Waals surface area contributed by atoms with E-state index in [4.69, 9.17) is 0 Å². The molecule has 170 valence electrons. The average molecular weight is 456 g/mol. The van der Waals surface area contributed by atoms with Gasteiger partial charge in [-0.2, -0.15) is 5.10 Å². The monoisotopic (exact) mass is 455 g/mol. The number of hydrogen-bond acceptors (Lipinski definition) is 5. The Bertz CT molecular complexity index is 1190. The highest BCUT2D eigenvalue weighted by Crippen LogP contribution is 2.29. The zero-order chi connectivity index (χ0) is 23.5. The molecule has 0 unspecified atom stereocenters. The van der Waals surface area contributed by atoms with Gasteiger partial charge in [-0.1, -0.05) is 12.1 Å². The second kappa shape index (κ2) is 9.62. The largest absolute Gasteiger partial charge is 0.352 e. The van der Waals surface area contributed by atoms with Crippen LogP contribution in [0.25, 0.3) is 5.69 Å². The van der Waals surface area contributed by atoms with E-state index in [0.29, 0.717) is 11.4 Å². The fourth-order valence-electron chi connectivity index (χ4n) is 3.64. The average Bonchev–Trinajstić information content (AvgIpc) is 3.30. The minimum Gasteiger partial charge on any atom is -0.352 e. The third-order valence-electron chi connectivity index (χ3n) is 5.95. The molecule has 0 radical (unpaired) electrons. The van der Waals surface area contributed by atoms with Gasteiger partial charge in [0.2, 0.25) is 15.9 Å². The molecule has 0 saturated heterocycles. The van der Waals surface area contributed by atoms with Gasteiger partial charge in [0.1, 0.15) is 12.7 Å². The number of nitrogens with one attached hydrogen (secondary N) is 2. The summed E-state index contributed by atoms with van der Waals surface area (Å²) in [5, 5.41) is 6.89. The van der Waals surface area contributed by atoms with Crippen molar-refractivity contribution < 1.29 is 13.2 Å². The molecule has 0 atom stereocenters. The number of sulfonamides is 1. The van der Waals surface area contributed by atoms with Crippen molar-refractivity contribution in [3.05, 3.63) is 70.3 Å². The first-order chi connectivity index (χ1) is 15.1. The van der Waals surface area contributed by atoms with Gasteiger partial charge in [-0.25, -0.2) is 22.8 Å². The van der Waals surface area contributed by atoms with Crippen LogP contribution in [-0.2, 0) is 21.4 Å². The molecule has 0 fully saturated rings. The van der Waals surface area contributed by atoms with Crippen molar-refractivity contribution in [2.75, 3.05) is 6.54 Å². The van der Waals surface area contributed by atoms with Gasteiger partial charge in [0.15, 0.2) is 0 Å². The van der Waals surface area contributed by atoms with Crippen LogP contribution in [0, 0.1) is 34.6 Å². The molecule has 3 rings (SSSR count). The fourth-order valence-corrected chi connectivity index (χ4v) is 5.26. The topological polar surface area (TPSA) is 106 Å². The van der Waals surface area contributed by atoms with Gasteiger partial charge in [-0.05, 0) is 80.1 Å². The lowest BCUT2D eigenvalue weighted by Gasteiger charge is -2.19. The van der Waals surface area contributed by atoms with Gasteiger partial charge in [-0.15, -0.1) is 0 Å². The van der Waals surface area contributed by atoms with Crippen LogP contribution in [0.5, 0.6) is 0 Å². The third-order valence-corrected chi connectivity index (χ3v) is 7.69. The lowest BCUT2D eigenvalue weighted by atomic mass is 9.95. The summed E-state index contributed by atoms with van der Waals surface area (Å²) in [7, 11) is -3.72. The SMILES string of the molecule is Cc1c(C)c(C)c(S(=O)(=O)NCCC(=O)NCc2ccc(-n3cncn3)cc2)c(C)c1C. The highest BCUT2D eigenvalue weighted by molar-refractivity contribution is 7.89. The lowest BCUT2D eigenvalue weighted by Crippen LogP contribution is -2.31. The van der Waals surface area contributed by atoms with E-state index in [-0.39, 0.29) is 18.9 Å². The minimum atomic E-state index is -3.72. The van der Waals surface area contributed by atoms with Crippen LogP contribution in [0.1, 0.15) is 39.8 Å². The predicted octanol–water partition coefficient (Wildman–Crippen LogP) is 2.79. The first-order valence-electron chi connectivity index (χ1n) is 10.4. The van der Waals surface area contributed by atoms with E-state index in [1.807, 2.05) is 58.9 Å². The van der Waals surface area contributed by atoms with E-state index < -0.39 is 10.0 Å². The summed E-state index contributed by atoms with van der Waals surface area (Å²) in [6.45, 7) is 9.90. The number of nitrogens with zero attached hydrogens (tertiary/aromatic N) is 3. The van der Waals surface area contributed by atoms with Gasteiger partial charge < -0.3 is 5.32 Å². The predicted molar refractivity (Wildman–Crippen MR) is 123 cm³/mol. The van der Waals surface area contributed by atoms with Gasteiger partial charge in [0, 0.05) is 19.5 Å². The van der Waals surface area contributed by atoms with E-state index in [0.717, 1.165) is 39.1 Å². The molecular formula is C23H29N5O3S. The van der Waals surface area contributed by atoms with E-state index >= 15 is 0 Å². The molecule has 0 aliphatic rings. The van der Waals surface area contributed by atoms with Crippen LogP contribution >= 0.6 is 0 Å². The van der Waals surface area contributed by atoms with Gasteiger partial charge in [0.25, 0.3) is 0 Å². The molecule has 1 aromatic heterocycles. The van der Waals surface area contributed by atoms with Gasteiger partial charge in [-0.3, -0.25) is 4.79 Å². The van der Waals surface area contributed by atoms with Crippen molar-refractivity contribution in [3.8, 4) is 5.69 Å². The molecule has 1 heterocycles. The van der Waals surface area contributed by atoms with Crippen molar-refractivity contribution in [2.45, 2.75) is 52.5 Å². The Hall–Kier alpha value is -3.04. The van der Waals surface area contributed by atoms with E-state index in [1.54, 1.807) is 11.0 Å². The molecule has 32 heavy (non-hydrogen) atoms. The first kappa shape index (κ1) is 23.6. The molecule has 8 nitrogen and oxygen atoms in total. The number of hydrogen-bond donors (Lipinski definition) is 2. The summed E-state index contributed by atoms with van der Waals surface area (Å²) in [6.07, 6.45) is 3.13. The normalized spacial score (nSPS) is 11.5. The second-order valence-electron chi connectivity index (χ2n) is 7.89. The molecule has 0 saturated carbocycles. The van der Waals surface area contributed by atoms with Gasteiger partial charge in [0.05, 0.1) is 10.6 Å². The minimum absolute atomic E-state index is 0.0320. The molecule has 9 heteroatoms. The van der Waals surface area contributed by atoms with Gasteiger partial charge >= 0.3 is 0 Å². The van der Waals surface area contributed by atoms with Crippen LogP contribution in [0.2, 0.25) is 0 Å². The maximum atomic E-state index is 12.9. The van der Waals surface area contributed by atoms with Crippen LogP contribution in [0.15, 0.2) is 41.8 Å². The van der Waals surface area contributed by atoms with Crippen molar-refractivity contribution >= 4 is 15.9 Å². The molecule has 2 aromatic carbocycles. The van der Waals surface area contributed by atoms with E-state index in [2.05, 4.69) is 20.1 Å².